The maximum Gasteiger partial charge on any atom is 0.229 e. The summed E-state index contributed by atoms with van der Waals surface area (Å²) >= 11 is 0. The molecule has 2 aromatic rings. The first-order valence-corrected chi connectivity index (χ1v) is 5.09. The molecule has 4 heteroatoms. The van der Waals surface area contributed by atoms with E-state index in [1.807, 2.05) is 38.1 Å². The molecule has 0 spiro atoms. The van der Waals surface area contributed by atoms with Crippen LogP contribution in [0.5, 0.6) is 0 Å². The lowest BCUT2D eigenvalue weighted by Crippen LogP contribution is -2.02. The van der Waals surface area contributed by atoms with Gasteiger partial charge >= 0.3 is 0 Å². The number of para-hydroxylation sites is 1. The molecule has 0 saturated carbocycles. The topological polar surface area (TPSA) is 63.8 Å². The van der Waals surface area contributed by atoms with Gasteiger partial charge in [0.25, 0.3) is 0 Å². The zero-order valence-electron chi connectivity index (χ0n) is 9.36. The monoisotopic (exact) mass is 214 g/mol. The van der Waals surface area contributed by atoms with Crippen LogP contribution in [0.25, 0.3) is 0 Å². The Balaban J connectivity index is 2.30. The molecule has 0 radical (unpaired) electrons. The average Bonchev–Trinajstić information content (AvgIpc) is 2.20. The third kappa shape index (κ3) is 2.28. The first-order valence-electron chi connectivity index (χ1n) is 5.09. The van der Waals surface area contributed by atoms with Crippen molar-refractivity contribution >= 4 is 17.5 Å². The smallest absolute Gasteiger partial charge is 0.229 e. The standard InChI is InChI=1S/C12H14N4/c1-8-5-3-4-6-10(8)15-12-14-9(2)7-11(13)16-12/h3-7H,1-2H3,(H3,13,14,15,16). The normalized spacial score (nSPS) is 10.1. The summed E-state index contributed by atoms with van der Waals surface area (Å²) < 4.78 is 0. The summed E-state index contributed by atoms with van der Waals surface area (Å²) in [6.07, 6.45) is 0. The van der Waals surface area contributed by atoms with Crippen molar-refractivity contribution < 1.29 is 0 Å². The minimum absolute atomic E-state index is 0.476. The molecule has 0 bridgehead atoms. The Morgan fingerprint density at radius 2 is 1.88 bits per heavy atom. The van der Waals surface area contributed by atoms with E-state index in [0.717, 1.165) is 16.9 Å². The Morgan fingerprint density at radius 3 is 2.56 bits per heavy atom. The summed E-state index contributed by atoms with van der Waals surface area (Å²) in [5.74, 6) is 1.01. The Hall–Kier alpha value is -2.10. The fourth-order valence-corrected chi connectivity index (χ4v) is 1.48. The highest BCUT2D eigenvalue weighted by molar-refractivity contribution is 5.58. The average molecular weight is 214 g/mol. The quantitative estimate of drug-likeness (QED) is 0.805. The number of nitrogens with two attached hydrogens (primary N) is 1. The fraction of sp³-hybridized carbons (Fsp3) is 0.167. The Kier molecular flexibility index (Phi) is 2.72. The van der Waals surface area contributed by atoms with E-state index < -0.39 is 0 Å². The molecule has 0 aliphatic carbocycles. The van der Waals surface area contributed by atoms with Gasteiger partial charge in [-0.15, -0.1) is 0 Å². The summed E-state index contributed by atoms with van der Waals surface area (Å²) in [6, 6.07) is 9.71. The molecule has 1 aromatic heterocycles. The molecule has 1 heterocycles. The van der Waals surface area contributed by atoms with Gasteiger partial charge in [-0.25, -0.2) is 4.98 Å². The van der Waals surface area contributed by atoms with Crippen molar-refractivity contribution in [3.8, 4) is 0 Å². The minimum Gasteiger partial charge on any atom is -0.384 e. The van der Waals surface area contributed by atoms with Gasteiger partial charge in [0.1, 0.15) is 5.82 Å². The SMILES string of the molecule is Cc1cc(N)nc(Nc2ccccc2C)n1. The van der Waals surface area contributed by atoms with E-state index in [4.69, 9.17) is 5.73 Å². The van der Waals surface area contributed by atoms with Gasteiger partial charge in [-0.1, -0.05) is 18.2 Å². The summed E-state index contributed by atoms with van der Waals surface area (Å²) in [6.45, 7) is 3.92. The molecule has 0 saturated heterocycles. The zero-order valence-corrected chi connectivity index (χ0v) is 9.36. The molecule has 3 N–H and O–H groups in total. The fourth-order valence-electron chi connectivity index (χ4n) is 1.48. The summed E-state index contributed by atoms with van der Waals surface area (Å²) in [4.78, 5) is 8.39. The number of hydrogen-bond donors (Lipinski definition) is 2. The van der Waals surface area contributed by atoms with E-state index >= 15 is 0 Å². The molecule has 0 unspecified atom stereocenters. The molecule has 0 aliphatic heterocycles. The second-order valence-corrected chi connectivity index (χ2v) is 3.70. The summed E-state index contributed by atoms with van der Waals surface area (Å²) in [5.41, 5.74) is 8.65. The molecule has 2 rings (SSSR count). The number of aryl methyl sites for hydroxylation is 2. The molecular weight excluding hydrogens is 200 g/mol. The van der Waals surface area contributed by atoms with Gasteiger partial charge in [0.2, 0.25) is 5.95 Å². The number of benzene rings is 1. The lowest BCUT2D eigenvalue weighted by atomic mass is 10.2. The third-order valence-corrected chi connectivity index (χ3v) is 2.27. The van der Waals surface area contributed by atoms with Crippen LogP contribution in [0.15, 0.2) is 30.3 Å². The van der Waals surface area contributed by atoms with Crippen molar-refractivity contribution in [3.05, 3.63) is 41.6 Å². The van der Waals surface area contributed by atoms with Gasteiger partial charge in [-0.05, 0) is 25.5 Å². The molecular formula is C12H14N4. The van der Waals surface area contributed by atoms with Crippen LogP contribution < -0.4 is 11.1 Å². The van der Waals surface area contributed by atoms with Crippen LogP contribution in [0.2, 0.25) is 0 Å². The Bertz CT molecular complexity index is 488. The van der Waals surface area contributed by atoms with E-state index in [-0.39, 0.29) is 0 Å². The molecule has 4 nitrogen and oxygen atoms in total. The number of nitrogens with zero attached hydrogens (tertiary/aromatic N) is 2. The van der Waals surface area contributed by atoms with E-state index in [2.05, 4.69) is 15.3 Å². The van der Waals surface area contributed by atoms with Gasteiger partial charge in [-0.3, -0.25) is 0 Å². The number of nitrogen functional groups attached to an aromatic ring is 1. The van der Waals surface area contributed by atoms with Crippen molar-refractivity contribution in [2.75, 3.05) is 11.1 Å². The van der Waals surface area contributed by atoms with Crippen LogP contribution in [0.1, 0.15) is 11.3 Å². The highest BCUT2D eigenvalue weighted by atomic mass is 15.1. The molecule has 16 heavy (non-hydrogen) atoms. The van der Waals surface area contributed by atoms with Crippen molar-refractivity contribution in [2.45, 2.75) is 13.8 Å². The second-order valence-electron chi connectivity index (χ2n) is 3.70. The summed E-state index contributed by atoms with van der Waals surface area (Å²) in [5, 5.41) is 3.15. The van der Waals surface area contributed by atoms with Crippen LogP contribution in [-0.4, -0.2) is 9.97 Å². The number of anilines is 3. The highest BCUT2D eigenvalue weighted by Crippen LogP contribution is 2.18. The lowest BCUT2D eigenvalue weighted by molar-refractivity contribution is 1.11. The number of rotatable bonds is 2. The minimum atomic E-state index is 0.476. The first-order chi connectivity index (χ1) is 7.65. The summed E-state index contributed by atoms with van der Waals surface area (Å²) in [7, 11) is 0. The van der Waals surface area contributed by atoms with Gasteiger partial charge in [0.05, 0.1) is 0 Å². The lowest BCUT2D eigenvalue weighted by Gasteiger charge is -2.08. The molecule has 1 aromatic carbocycles. The van der Waals surface area contributed by atoms with Crippen LogP contribution in [0, 0.1) is 13.8 Å². The maximum atomic E-state index is 5.66. The van der Waals surface area contributed by atoms with E-state index in [9.17, 15) is 0 Å². The molecule has 82 valence electrons. The number of nitrogens with one attached hydrogen (secondary N) is 1. The molecule has 0 atom stereocenters. The van der Waals surface area contributed by atoms with E-state index in [1.165, 1.54) is 0 Å². The van der Waals surface area contributed by atoms with Crippen LogP contribution in [-0.2, 0) is 0 Å². The van der Waals surface area contributed by atoms with Crippen LogP contribution in [0.4, 0.5) is 17.5 Å². The van der Waals surface area contributed by atoms with Gasteiger partial charge in [0.15, 0.2) is 0 Å². The van der Waals surface area contributed by atoms with Crippen molar-refractivity contribution in [2.24, 2.45) is 0 Å². The molecule has 0 aliphatic rings. The van der Waals surface area contributed by atoms with Crippen LogP contribution in [0.3, 0.4) is 0 Å². The third-order valence-electron chi connectivity index (χ3n) is 2.27. The maximum absolute atomic E-state index is 5.66. The first kappa shape index (κ1) is 10.4. The predicted molar refractivity (Wildman–Crippen MR) is 65.6 cm³/mol. The number of hydrogen-bond acceptors (Lipinski definition) is 4. The Morgan fingerprint density at radius 1 is 1.12 bits per heavy atom. The van der Waals surface area contributed by atoms with E-state index in [1.54, 1.807) is 6.07 Å². The van der Waals surface area contributed by atoms with Gasteiger partial charge in [0, 0.05) is 17.4 Å². The van der Waals surface area contributed by atoms with Crippen molar-refractivity contribution in [3.63, 3.8) is 0 Å². The molecule has 0 fully saturated rings. The van der Waals surface area contributed by atoms with E-state index in [0.29, 0.717) is 11.8 Å². The number of aromatic nitrogens is 2. The molecule has 0 amide bonds. The van der Waals surface area contributed by atoms with Crippen molar-refractivity contribution in [1.29, 1.82) is 0 Å². The Labute approximate surface area is 94.5 Å². The second kappa shape index (κ2) is 4.18. The van der Waals surface area contributed by atoms with Crippen LogP contribution >= 0.6 is 0 Å². The van der Waals surface area contributed by atoms with Crippen molar-refractivity contribution in [1.82, 2.24) is 9.97 Å². The highest BCUT2D eigenvalue weighted by Gasteiger charge is 2.02. The largest absolute Gasteiger partial charge is 0.384 e. The van der Waals surface area contributed by atoms with Gasteiger partial charge < -0.3 is 11.1 Å². The zero-order chi connectivity index (χ0) is 11.5. The predicted octanol–water partition coefficient (Wildman–Crippen LogP) is 2.42. The van der Waals surface area contributed by atoms with Gasteiger partial charge in [-0.2, -0.15) is 4.98 Å².